The maximum atomic E-state index is 13.2. The van der Waals surface area contributed by atoms with Crippen LogP contribution in [0.15, 0.2) is 21.9 Å². The van der Waals surface area contributed by atoms with Crippen molar-refractivity contribution in [3.8, 4) is 0 Å². The van der Waals surface area contributed by atoms with Crippen LogP contribution in [0.4, 0.5) is 0 Å². The number of rotatable bonds is 6. The summed E-state index contributed by atoms with van der Waals surface area (Å²) in [5.41, 5.74) is 1.07. The molecule has 2 N–H and O–H groups in total. The summed E-state index contributed by atoms with van der Waals surface area (Å²) in [6.45, 7) is 3.62. The van der Waals surface area contributed by atoms with E-state index >= 15 is 0 Å². The number of fused-ring (bicyclic) bond motifs is 2. The Labute approximate surface area is 178 Å². The molecule has 3 aromatic rings. The third-order valence-electron chi connectivity index (χ3n) is 6.04. The molecule has 1 saturated carbocycles. The van der Waals surface area contributed by atoms with Crippen molar-refractivity contribution in [1.29, 1.82) is 0 Å². The molecule has 1 aliphatic carbocycles. The first-order valence-electron chi connectivity index (χ1n) is 11.1. The van der Waals surface area contributed by atoms with Crippen molar-refractivity contribution in [2.45, 2.75) is 71.0 Å². The fraction of sp³-hybridized carbons (Fsp3) is 0.500. The molecule has 1 amide bonds. The fourth-order valence-corrected chi connectivity index (χ4v) is 4.31. The highest BCUT2D eigenvalue weighted by Gasteiger charge is 2.28. The van der Waals surface area contributed by atoms with Crippen molar-refractivity contribution in [3.63, 3.8) is 0 Å². The average molecular weight is 422 g/mol. The standard InChI is InChI=1S/C22H26N6O3/c1-2-8-28-19-18(21(30)26-22(28)31)15(10-16(25-19)13-6-7-13)20(29)23-11-14-12-27-9-4-3-5-17(27)24-14/h10,12-13H,2-9,11H2,1H3,(H,23,29)(H,26,30,31). The fourth-order valence-electron chi connectivity index (χ4n) is 4.31. The number of amides is 1. The number of nitrogens with one attached hydrogen (secondary N) is 2. The normalized spacial score (nSPS) is 15.8. The van der Waals surface area contributed by atoms with Crippen LogP contribution in [0.5, 0.6) is 0 Å². The third-order valence-corrected chi connectivity index (χ3v) is 6.04. The van der Waals surface area contributed by atoms with Gasteiger partial charge in [0.1, 0.15) is 5.82 Å². The molecule has 0 aromatic carbocycles. The van der Waals surface area contributed by atoms with Gasteiger partial charge in [-0.1, -0.05) is 6.92 Å². The minimum atomic E-state index is -0.579. The maximum absolute atomic E-state index is 13.2. The average Bonchev–Trinajstić information content (AvgIpc) is 3.53. The van der Waals surface area contributed by atoms with Crippen LogP contribution in [0.3, 0.4) is 0 Å². The molecule has 31 heavy (non-hydrogen) atoms. The van der Waals surface area contributed by atoms with Crippen LogP contribution in [0.1, 0.15) is 72.5 Å². The van der Waals surface area contributed by atoms with Crippen molar-refractivity contribution in [1.82, 2.24) is 29.4 Å². The summed E-state index contributed by atoms with van der Waals surface area (Å²) in [6, 6.07) is 1.71. The van der Waals surface area contributed by atoms with Gasteiger partial charge in [0.2, 0.25) is 0 Å². The molecule has 9 heteroatoms. The molecule has 0 unspecified atom stereocenters. The van der Waals surface area contributed by atoms with Crippen LogP contribution in [-0.2, 0) is 26.1 Å². The molecule has 162 valence electrons. The summed E-state index contributed by atoms with van der Waals surface area (Å²) in [7, 11) is 0. The second-order valence-corrected chi connectivity index (χ2v) is 8.46. The van der Waals surface area contributed by atoms with Crippen molar-refractivity contribution >= 4 is 16.9 Å². The highest BCUT2D eigenvalue weighted by Crippen LogP contribution is 2.39. The van der Waals surface area contributed by atoms with Gasteiger partial charge in [-0.15, -0.1) is 0 Å². The van der Waals surface area contributed by atoms with E-state index in [9.17, 15) is 14.4 Å². The molecule has 1 fully saturated rings. The number of carbonyl (C=O) groups excluding carboxylic acids is 1. The topological polar surface area (TPSA) is 115 Å². The van der Waals surface area contributed by atoms with Gasteiger partial charge in [-0.25, -0.2) is 14.8 Å². The van der Waals surface area contributed by atoms with E-state index in [1.54, 1.807) is 6.07 Å². The molecular formula is C22H26N6O3. The largest absolute Gasteiger partial charge is 0.346 e. The van der Waals surface area contributed by atoms with Crippen LogP contribution in [0, 0.1) is 0 Å². The van der Waals surface area contributed by atoms with E-state index in [4.69, 9.17) is 0 Å². The van der Waals surface area contributed by atoms with Gasteiger partial charge in [0.25, 0.3) is 11.5 Å². The molecule has 0 atom stereocenters. The van der Waals surface area contributed by atoms with Crippen LogP contribution < -0.4 is 16.6 Å². The zero-order valence-corrected chi connectivity index (χ0v) is 17.6. The predicted molar refractivity (Wildman–Crippen MR) is 115 cm³/mol. The van der Waals surface area contributed by atoms with E-state index in [-0.39, 0.29) is 29.3 Å². The second kappa shape index (κ2) is 7.79. The maximum Gasteiger partial charge on any atom is 0.329 e. The van der Waals surface area contributed by atoms with Gasteiger partial charge in [-0.2, -0.15) is 0 Å². The van der Waals surface area contributed by atoms with E-state index in [2.05, 4.69) is 24.8 Å². The lowest BCUT2D eigenvalue weighted by atomic mass is 10.1. The molecule has 0 spiro atoms. The first-order chi connectivity index (χ1) is 15.0. The number of hydrogen-bond donors (Lipinski definition) is 2. The molecule has 0 saturated heterocycles. The summed E-state index contributed by atoms with van der Waals surface area (Å²) < 4.78 is 3.61. The number of aryl methyl sites for hydroxylation is 3. The highest BCUT2D eigenvalue weighted by molar-refractivity contribution is 6.05. The molecule has 9 nitrogen and oxygen atoms in total. The first kappa shape index (κ1) is 19.7. The van der Waals surface area contributed by atoms with Gasteiger partial charge >= 0.3 is 5.69 Å². The summed E-state index contributed by atoms with van der Waals surface area (Å²) in [4.78, 5) is 49.8. The van der Waals surface area contributed by atoms with Crippen LogP contribution in [-0.4, -0.2) is 30.0 Å². The van der Waals surface area contributed by atoms with Gasteiger partial charge in [0, 0.05) is 37.3 Å². The molecule has 4 heterocycles. The Bertz CT molecular complexity index is 1260. The second-order valence-electron chi connectivity index (χ2n) is 8.46. The van der Waals surface area contributed by atoms with Crippen molar-refractivity contribution < 1.29 is 4.79 Å². The number of imidazole rings is 1. The summed E-state index contributed by atoms with van der Waals surface area (Å²) >= 11 is 0. The van der Waals surface area contributed by atoms with Gasteiger partial charge < -0.3 is 9.88 Å². The van der Waals surface area contributed by atoms with Gasteiger partial charge in [0.15, 0.2) is 5.65 Å². The number of H-pyrrole nitrogens is 1. The van der Waals surface area contributed by atoms with Crippen molar-refractivity contribution in [3.05, 3.63) is 55.9 Å². The van der Waals surface area contributed by atoms with Crippen molar-refractivity contribution in [2.75, 3.05) is 0 Å². The minimum Gasteiger partial charge on any atom is -0.346 e. The van der Waals surface area contributed by atoms with E-state index in [1.807, 2.05) is 13.1 Å². The van der Waals surface area contributed by atoms with Gasteiger partial charge in [0.05, 0.1) is 23.2 Å². The number of hydrogen-bond acceptors (Lipinski definition) is 5. The highest BCUT2D eigenvalue weighted by atomic mass is 16.2. The summed E-state index contributed by atoms with van der Waals surface area (Å²) in [5.74, 6) is 0.980. The molecule has 3 aromatic heterocycles. The van der Waals surface area contributed by atoms with Crippen LogP contribution >= 0.6 is 0 Å². The molecule has 5 rings (SSSR count). The molecule has 0 radical (unpaired) electrons. The Kier molecular flexibility index (Phi) is 4.95. The van der Waals surface area contributed by atoms with Gasteiger partial charge in [-0.05, 0) is 38.2 Å². The zero-order chi connectivity index (χ0) is 21.5. The Hall–Kier alpha value is -3.23. The number of aromatic nitrogens is 5. The number of aromatic amines is 1. The molecule has 0 bridgehead atoms. The van der Waals surface area contributed by atoms with E-state index in [0.29, 0.717) is 18.6 Å². The van der Waals surface area contributed by atoms with Gasteiger partial charge in [-0.3, -0.25) is 19.1 Å². The number of pyridine rings is 1. The Morgan fingerprint density at radius 1 is 1.26 bits per heavy atom. The lowest BCUT2D eigenvalue weighted by molar-refractivity contribution is 0.0952. The molecular weight excluding hydrogens is 396 g/mol. The Morgan fingerprint density at radius 3 is 2.84 bits per heavy atom. The van der Waals surface area contributed by atoms with E-state index in [0.717, 1.165) is 55.9 Å². The number of nitrogens with zero attached hydrogens (tertiary/aromatic N) is 4. The summed E-state index contributed by atoms with van der Waals surface area (Å²) in [6.07, 6.45) is 7.94. The Morgan fingerprint density at radius 2 is 2.10 bits per heavy atom. The monoisotopic (exact) mass is 422 g/mol. The molecule has 1 aliphatic heterocycles. The lowest BCUT2D eigenvalue weighted by Gasteiger charge is -2.13. The van der Waals surface area contributed by atoms with E-state index < -0.39 is 11.2 Å². The lowest BCUT2D eigenvalue weighted by Crippen LogP contribution is -2.33. The van der Waals surface area contributed by atoms with Crippen LogP contribution in [0.25, 0.3) is 11.0 Å². The van der Waals surface area contributed by atoms with Crippen LogP contribution in [0.2, 0.25) is 0 Å². The zero-order valence-electron chi connectivity index (χ0n) is 17.6. The molecule has 2 aliphatic rings. The first-order valence-corrected chi connectivity index (χ1v) is 11.1. The smallest absolute Gasteiger partial charge is 0.329 e. The quantitative estimate of drug-likeness (QED) is 0.629. The number of carbonyl (C=O) groups is 1. The minimum absolute atomic E-state index is 0.166. The third kappa shape index (κ3) is 3.68. The summed E-state index contributed by atoms with van der Waals surface area (Å²) in [5, 5.41) is 3.08. The van der Waals surface area contributed by atoms with Crippen molar-refractivity contribution in [2.24, 2.45) is 0 Å². The predicted octanol–water partition coefficient (Wildman–Crippen LogP) is 1.83. The van der Waals surface area contributed by atoms with E-state index in [1.165, 1.54) is 4.57 Å². The Balaban J connectivity index is 1.52. The SMILES string of the molecule is CCCn1c(=O)[nH]c(=O)c2c(C(=O)NCc3cn4c(n3)CCCC4)cc(C3CC3)nc21.